The van der Waals surface area contributed by atoms with Crippen LogP contribution in [0.4, 0.5) is 0 Å². The summed E-state index contributed by atoms with van der Waals surface area (Å²) in [5.41, 5.74) is 4.27. The molecule has 1 aromatic rings. The number of hydroxylamine groups is 2. The van der Waals surface area contributed by atoms with Gasteiger partial charge in [0.1, 0.15) is 0 Å². The van der Waals surface area contributed by atoms with E-state index in [4.69, 9.17) is 0 Å². The molecule has 1 aromatic carbocycles. The normalized spacial score (nSPS) is 18.1. The predicted molar refractivity (Wildman–Crippen MR) is 134 cm³/mol. The lowest BCUT2D eigenvalue weighted by Gasteiger charge is -2.35. The highest BCUT2D eigenvalue weighted by Crippen LogP contribution is 2.30. The molecule has 0 radical (unpaired) electrons. The van der Waals surface area contributed by atoms with E-state index in [0.29, 0.717) is 29.7 Å². The van der Waals surface area contributed by atoms with Crippen molar-refractivity contribution in [2.75, 3.05) is 26.2 Å². The van der Waals surface area contributed by atoms with Gasteiger partial charge in [-0.1, -0.05) is 56.0 Å². The second-order valence-corrected chi connectivity index (χ2v) is 10.5. The highest BCUT2D eigenvalue weighted by atomic mass is 16.5. The third-order valence-electron chi connectivity index (χ3n) is 7.51. The standard InChI is InChI=1S/C27H42N4O4/c1-21(2)31(28-27(34)25(18-30(35)20-32)17-23-10-6-7-11-23)19-26(33)29-14-12-24(13-15-29)16-22-8-4-3-5-9-22/h3-5,8-9,20-21,23-25,35H,6-7,10-19H2,1-2H3,(H,28,34). The van der Waals surface area contributed by atoms with Crippen LogP contribution in [0.2, 0.25) is 0 Å². The maximum absolute atomic E-state index is 13.1. The fraction of sp³-hybridized carbons (Fsp3) is 0.667. The van der Waals surface area contributed by atoms with E-state index in [2.05, 4.69) is 29.7 Å². The van der Waals surface area contributed by atoms with Crippen LogP contribution in [-0.2, 0) is 20.8 Å². The Hall–Kier alpha value is -2.45. The maximum Gasteiger partial charge on any atom is 0.239 e. The van der Waals surface area contributed by atoms with Crippen molar-refractivity contribution in [1.82, 2.24) is 20.4 Å². The van der Waals surface area contributed by atoms with Crippen LogP contribution in [-0.4, -0.2) is 70.6 Å². The molecule has 2 fully saturated rings. The molecule has 8 nitrogen and oxygen atoms in total. The Labute approximate surface area is 209 Å². The van der Waals surface area contributed by atoms with Gasteiger partial charge in [0, 0.05) is 19.1 Å². The molecule has 1 saturated heterocycles. The minimum absolute atomic E-state index is 0.0150. The Morgan fingerprint density at radius 1 is 1.09 bits per heavy atom. The van der Waals surface area contributed by atoms with Crippen molar-refractivity contribution in [3.63, 3.8) is 0 Å². The first-order valence-corrected chi connectivity index (χ1v) is 13.1. The van der Waals surface area contributed by atoms with Crippen molar-refractivity contribution < 1.29 is 19.6 Å². The summed E-state index contributed by atoms with van der Waals surface area (Å²) in [6.07, 6.45) is 8.43. The quantitative estimate of drug-likeness (QED) is 0.269. The molecule has 0 spiro atoms. The molecule has 1 atom stereocenters. The number of nitrogens with zero attached hydrogens (tertiary/aromatic N) is 3. The van der Waals surface area contributed by atoms with Crippen LogP contribution in [0.3, 0.4) is 0 Å². The van der Waals surface area contributed by atoms with Gasteiger partial charge >= 0.3 is 0 Å². The van der Waals surface area contributed by atoms with E-state index in [9.17, 15) is 19.6 Å². The molecule has 1 aliphatic carbocycles. The number of carbonyl (C=O) groups is 3. The molecule has 0 aromatic heterocycles. The van der Waals surface area contributed by atoms with Crippen molar-refractivity contribution in [3.05, 3.63) is 35.9 Å². The molecule has 35 heavy (non-hydrogen) atoms. The highest BCUT2D eigenvalue weighted by molar-refractivity contribution is 5.81. The van der Waals surface area contributed by atoms with Crippen LogP contribution in [0, 0.1) is 17.8 Å². The van der Waals surface area contributed by atoms with E-state index in [1.54, 1.807) is 5.01 Å². The van der Waals surface area contributed by atoms with Crippen molar-refractivity contribution in [1.29, 1.82) is 0 Å². The van der Waals surface area contributed by atoms with Gasteiger partial charge in [0.15, 0.2) is 0 Å². The Morgan fingerprint density at radius 3 is 2.34 bits per heavy atom. The van der Waals surface area contributed by atoms with Gasteiger partial charge in [-0.05, 0) is 56.9 Å². The number of nitrogens with one attached hydrogen (secondary N) is 1. The summed E-state index contributed by atoms with van der Waals surface area (Å²) in [6, 6.07) is 10.4. The van der Waals surface area contributed by atoms with Crippen LogP contribution in [0.1, 0.15) is 64.4 Å². The average Bonchev–Trinajstić information content (AvgIpc) is 3.37. The third kappa shape index (κ3) is 8.61. The Kier molecular flexibility index (Phi) is 10.5. The van der Waals surface area contributed by atoms with E-state index in [0.717, 1.165) is 58.0 Å². The topological polar surface area (TPSA) is 93.2 Å². The van der Waals surface area contributed by atoms with Crippen LogP contribution in [0.15, 0.2) is 30.3 Å². The van der Waals surface area contributed by atoms with Gasteiger partial charge in [-0.3, -0.25) is 25.0 Å². The monoisotopic (exact) mass is 486 g/mol. The lowest BCUT2D eigenvalue weighted by atomic mass is 9.90. The number of hydrogen-bond donors (Lipinski definition) is 2. The molecule has 1 unspecified atom stereocenters. The first kappa shape index (κ1) is 27.1. The fourth-order valence-corrected chi connectivity index (χ4v) is 5.35. The minimum Gasteiger partial charge on any atom is -0.342 e. The number of benzene rings is 1. The van der Waals surface area contributed by atoms with Crippen molar-refractivity contribution >= 4 is 18.2 Å². The number of rotatable bonds is 12. The van der Waals surface area contributed by atoms with Gasteiger partial charge in [-0.2, -0.15) is 0 Å². The molecular formula is C27H42N4O4. The molecule has 1 aliphatic heterocycles. The van der Waals surface area contributed by atoms with E-state index in [-0.39, 0.29) is 30.9 Å². The summed E-state index contributed by atoms with van der Waals surface area (Å²) in [5.74, 6) is 0.260. The second kappa shape index (κ2) is 13.6. The molecule has 2 aliphatic rings. The van der Waals surface area contributed by atoms with Crippen molar-refractivity contribution in [2.24, 2.45) is 17.8 Å². The summed E-state index contributed by atoms with van der Waals surface area (Å²) in [7, 11) is 0. The molecule has 1 heterocycles. The maximum atomic E-state index is 13.1. The summed E-state index contributed by atoms with van der Waals surface area (Å²) in [5, 5.41) is 12.0. The van der Waals surface area contributed by atoms with E-state index in [1.165, 1.54) is 5.56 Å². The summed E-state index contributed by atoms with van der Waals surface area (Å²) in [4.78, 5) is 39.1. The lowest BCUT2D eigenvalue weighted by Crippen LogP contribution is -2.54. The van der Waals surface area contributed by atoms with Crippen molar-refractivity contribution in [3.8, 4) is 0 Å². The van der Waals surface area contributed by atoms with Gasteiger partial charge in [-0.15, -0.1) is 0 Å². The Morgan fingerprint density at radius 2 is 1.74 bits per heavy atom. The van der Waals surface area contributed by atoms with Gasteiger partial charge in [0.2, 0.25) is 18.2 Å². The van der Waals surface area contributed by atoms with E-state index in [1.807, 2.05) is 24.8 Å². The number of hydrazine groups is 1. The summed E-state index contributed by atoms with van der Waals surface area (Å²) < 4.78 is 0. The number of amides is 3. The highest BCUT2D eigenvalue weighted by Gasteiger charge is 2.30. The van der Waals surface area contributed by atoms with E-state index < -0.39 is 5.92 Å². The molecule has 3 amide bonds. The van der Waals surface area contributed by atoms with E-state index >= 15 is 0 Å². The SMILES string of the molecule is CC(C)N(CC(=O)N1CCC(Cc2ccccc2)CC1)NC(=O)C(CC1CCCC1)CN(O)C=O. The Balaban J connectivity index is 1.51. The largest absolute Gasteiger partial charge is 0.342 e. The minimum atomic E-state index is -0.515. The molecule has 8 heteroatoms. The lowest BCUT2D eigenvalue weighted by molar-refractivity contribution is -0.156. The molecule has 1 saturated carbocycles. The molecule has 2 N–H and O–H groups in total. The number of carbonyl (C=O) groups excluding carboxylic acids is 3. The summed E-state index contributed by atoms with van der Waals surface area (Å²) >= 11 is 0. The molecule has 194 valence electrons. The first-order chi connectivity index (χ1) is 16.9. The zero-order valence-electron chi connectivity index (χ0n) is 21.3. The van der Waals surface area contributed by atoms with Gasteiger partial charge in [0.05, 0.1) is 19.0 Å². The van der Waals surface area contributed by atoms with Crippen LogP contribution in [0.25, 0.3) is 0 Å². The van der Waals surface area contributed by atoms with Crippen molar-refractivity contribution in [2.45, 2.75) is 71.3 Å². The van der Waals surface area contributed by atoms with Crippen LogP contribution in [0.5, 0.6) is 0 Å². The second-order valence-electron chi connectivity index (χ2n) is 10.5. The Bertz CT molecular complexity index is 805. The zero-order valence-corrected chi connectivity index (χ0v) is 21.3. The zero-order chi connectivity index (χ0) is 25.2. The molecule has 3 rings (SSSR count). The van der Waals surface area contributed by atoms with Gasteiger partial charge in [0.25, 0.3) is 0 Å². The smallest absolute Gasteiger partial charge is 0.239 e. The van der Waals surface area contributed by atoms with Gasteiger partial charge in [-0.25, -0.2) is 10.1 Å². The predicted octanol–water partition coefficient (Wildman–Crippen LogP) is 3.25. The van der Waals surface area contributed by atoms with Crippen LogP contribution >= 0.6 is 0 Å². The third-order valence-corrected chi connectivity index (χ3v) is 7.51. The average molecular weight is 487 g/mol. The summed E-state index contributed by atoms with van der Waals surface area (Å²) in [6.45, 7) is 5.42. The number of likely N-dealkylation sites (tertiary alicyclic amines) is 1. The fourth-order valence-electron chi connectivity index (χ4n) is 5.35. The van der Waals surface area contributed by atoms with Gasteiger partial charge < -0.3 is 4.90 Å². The first-order valence-electron chi connectivity index (χ1n) is 13.1. The number of hydrogen-bond acceptors (Lipinski definition) is 5. The number of piperidine rings is 1. The molecular weight excluding hydrogens is 444 g/mol. The molecule has 0 bridgehead atoms. The van der Waals surface area contributed by atoms with Crippen LogP contribution < -0.4 is 5.43 Å².